The number of carboxylic acid groups (broad SMARTS) is 1. The molecule has 1 N–H and O–H groups in total. The van der Waals surface area contributed by atoms with Gasteiger partial charge in [0.05, 0.1) is 6.04 Å². The maximum atomic E-state index is 12.2. The van der Waals surface area contributed by atoms with Gasteiger partial charge in [-0.25, -0.2) is 4.79 Å². The van der Waals surface area contributed by atoms with Crippen LogP contribution in [0.3, 0.4) is 0 Å². The minimum Gasteiger partial charge on any atom is -0.465 e. The van der Waals surface area contributed by atoms with Crippen LogP contribution in [0.5, 0.6) is 0 Å². The van der Waals surface area contributed by atoms with Crippen LogP contribution in [0.2, 0.25) is 0 Å². The summed E-state index contributed by atoms with van der Waals surface area (Å²) >= 11 is 0. The van der Waals surface area contributed by atoms with E-state index in [-0.39, 0.29) is 11.8 Å². The average molecular weight is 311 g/mol. The van der Waals surface area contributed by atoms with Crippen molar-refractivity contribution in [1.29, 1.82) is 0 Å². The molecule has 1 aliphatic rings. The first-order chi connectivity index (χ1) is 10.1. The van der Waals surface area contributed by atoms with Gasteiger partial charge >= 0.3 is 6.09 Å². The van der Waals surface area contributed by atoms with E-state index < -0.39 is 23.7 Å². The van der Waals surface area contributed by atoms with Gasteiger partial charge in [-0.1, -0.05) is 5.11 Å². The molecule has 1 aliphatic carbocycles. The van der Waals surface area contributed by atoms with Crippen molar-refractivity contribution < 1.29 is 14.7 Å². The topological polar surface area (TPSA) is 110 Å². The van der Waals surface area contributed by atoms with E-state index in [1.54, 1.807) is 34.9 Å². The molecule has 0 aromatic carbocycles. The Bertz CT molecular complexity index is 479. The molecule has 0 bridgehead atoms. The molecule has 3 atom stereocenters. The number of carbonyl (C=O) groups is 2. The highest BCUT2D eigenvalue weighted by Crippen LogP contribution is 2.34. The fourth-order valence-electron chi connectivity index (χ4n) is 3.12. The second-order valence-electron chi connectivity index (χ2n) is 6.91. The minimum atomic E-state index is -1.06. The van der Waals surface area contributed by atoms with E-state index in [1.807, 2.05) is 0 Å². The van der Waals surface area contributed by atoms with Gasteiger partial charge in [0.2, 0.25) is 5.91 Å². The van der Waals surface area contributed by atoms with Crippen LogP contribution in [0.4, 0.5) is 4.79 Å². The number of carbonyl (C=O) groups excluding carboxylic acids is 1. The van der Waals surface area contributed by atoms with Gasteiger partial charge in [0.15, 0.2) is 0 Å². The summed E-state index contributed by atoms with van der Waals surface area (Å²) < 4.78 is 0. The maximum absolute atomic E-state index is 12.2. The first-order valence-electron chi connectivity index (χ1n) is 7.37. The van der Waals surface area contributed by atoms with Crippen LogP contribution < -0.4 is 0 Å². The number of rotatable bonds is 3. The summed E-state index contributed by atoms with van der Waals surface area (Å²) in [6.45, 7) is 5.39. The molecule has 22 heavy (non-hydrogen) atoms. The summed E-state index contributed by atoms with van der Waals surface area (Å²) in [7, 11) is 3.38. The first-order valence-corrected chi connectivity index (χ1v) is 7.37. The summed E-state index contributed by atoms with van der Waals surface area (Å²) in [6, 6.07) is -0.928. The number of hydrogen-bond acceptors (Lipinski definition) is 3. The Morgan fingerprint density at radius 3 is 2.27 bits per heavy atom. The van der Waals surface area contributed by atoms with Gasteiger partial charge in [0, 0.05) is 36.5 Å². The Labute approximate surface area is 130 Å². The van der Waals surface area contributed by atoms with Crippen molar-refractivity contribution in [2.75, 3.05) is 14.1 Å². The van der Waals surface area contributed by atoms with E-state index >= 15 is 0 Å². The van der Waals surface area contributed by atoms with Crippen molar-refractivity contribution in [3.8, 4) is 0 Å². The van der Waals surface area contributed by atoms with Crippen molar-refractivity contribution in [1.82, 2.24) is 9.80 Å². The van der Waals surface area contributed by atoms with Crippen molar-refractivity contribution in [3.63, 3.8) is 0 Å². The highest BCUT2D eigenvalue weighted by molar-refractivity contribution is 5.78. The lowest BCUT2D eigenvalue weighted by atomic mass is 9.80. The van der Waals surface area contributed by atoms with E-state index in [9.17, 15) is 14.7 Å². The third-order valence-electron chi connectivity index (χ3n) is 4.03. The van der Waals surface area contributed by atoms with Crippen LogP contribution in [-0.4, -0.2) is 58.6 Å². The van der Waals surface area contributed by atoms with Crippen LogP contribution in [0, 0.1) is 5.92 Å². The highest BCUT2D eigenvalue weighted by atomic mass is 16.4. The van der Waals surface area contributed by atoms with Crippen LogP contribution >= 0.6 is 0 Å². The normalized spacial score (nSPS) is 25.0. The Balaban J connectivity index is 3.13. The fourth-order valence-corrected chi connectivity index (χ4v) is 3.12. The molecule has 0 aliphatic heterocycles. The molecule has 1 saturated carbocycles. The summed E-state index contributed by atoms with van der Waals surface area (Å²) in [6.07, 6.45) is 0.436. The van der Waals surface area contributed by atoms with E-state index in [1.165, 1.54) is 9.80 Å². The molecule has 0 unspecified atom stereocenters. The summed E-state index contributed by atoms with van der Waals surface area (Å²) in [5.41, 5.74) is 8.10. The van der Waals surface area contributed by atoms with Gasteiger partial charge in [0.25, 0.3) is 0 Å². The van der Waals surface area contributed by atoms with Crippen LogP contribution in [-0.2, 0) is 4.79 Å². The molecule has 1 rings (SSSR count). The van der Waals surface area contributed by atoms with Gasteiger partial charge < -0.3 is 14.9 Å². The molecule has 0 spiro atoms. The highest BCUT2D eigenvalue weighted by Gasteiger charge is 2.42. The monoisotopic (exact) mass is 311 g/mol. The predicted octanol–water partition coefficient (Wildman–Crippen LogP) is 2.70. The molecule has 2 amide bonds. The maximum Gasteiger partial charge on any atom is 0.407 e. The largest absolute Gasteiger partial charge is 0.465 e. The zero-order valence-corrected chi connectivity index (χ0v) is 13.9. The lowest BCUT2D eigenvalue weighted by molar-refractivity contribution is -0.135. The average Bonchev–Trinajstić information content (AvgIpc) is 2.37. The molecule has 0 radical (unpaired) electrons. The Hall–Kier alpha value is -1.95. The van der Waals surface area contributed by atoms with E-state index in [2.05, 4.69) is 10.0 Å². The zero-order valence-electron chi connectivity index (χ0n) is 13.9. The molecule has 0 heterocycles. The summed E-state index contributed by atoms with van der Waals surface area (Å²) in [5.74, 6) is -0.252. The van der Waals surface area contributed by atoms with Gasteiger partial charge in [0.1, 0.15) is 0 Å². The molecular formula is C14H25N5O3. The molecule has 1 fully saturated rings. The second-order valence-corrected chi connectivity index (χ2v) is 6.91. The van der Waals surface area contributed by atoms with E-state index in [0.29, 0.717) is 19.3 Å². The van der Waals surface area contributed by atoms with Gasteiger partial charge in [-0.3, -0.25) is 4.79 Å². The quantitative estimate of drug-likeness (QED) is 0.491. The van der Waals surface area contributed by atoms with Crippen LogP contribution in [0.15, 0.2) is 5.11 Å². The SMILES string of the molecule is CN(C)C(=O)[C@H]1CC[C@@H](N=[N+]=[N-])[C@H](N(C(=O)O)C(C)(C)C)C1. The Morgan fingerprint density at radius 2 is 1.86 bits per heavy atom. The van der Waals surface area contributed by atoms with E-state index in [0.717, 1.165) is 0 Å². The van der Waals surface area contributed by atoms with Crippen LogP contribution in [0.1, 0.15) is 40.0 Å². The number of amides is 2. The van der Waals surface area contributed by atoms with Gasteiger partial charge in [-0.2, -0.15) is 0 Å². The fraction of sp³-hybridized carbons (Fsp3) is 0.857. The minimum absolute atomic E-state index is 0.0105. The van der Waals surface area contributed by atoms with Gasteiger partial charge in [-0.05, 0) is 45.6 Å². The predicted molar refractivity (Wildman–Crippen MR) is 82.4 cm³/mol. The molecule has 0 saturated heterocycles. The molecule has 0 aromatic rings. The second kappa shape index (κ2) is 6.87. The number of nitrogens with zero attached hydrogens (tertiary/aromatic N) is 5. The van der Waals surface area contributed by atoms with Crippen molar-refractivity contribution in [2.24, 2.45) is 11.0 Å². The molecule has 0 aromatic heterocycles. The summed E-state index contributed by atoms with van der Waals surface area (Å²) in [5, 5.41) is 13.3. The molecule has 8 nitrogen and oxygen atoms in total. The molecule has 124 valence electrons. The Kier molecular flexibility index (Phi) is 5.65. The summed E-state index contributed by atoms with van der Waals surface area (Å²) in [4.78, 5) is 29.6. The standard InChI is InChI=1S/C14H25N5O3/c1-14(2,3)19(13(21)22)11-8-9(12(20)18(4)5)6-7-10(11)16-17-15/h9-11H,6-8H2,1-5H3,(H,21,22)/t9-,10+,11+/m0/s1. The van der Waals surface area contributed by atoms with E-state index in [4.69, 9.17) is 5.53 Å². The molecular weight excluding hydrogens is 286 g/mol. The lowest BCUT2D eigenvalue weighted by Gasteiger charge is -2.45. The number of hydrogen-bond donors (Lipinski definition) is 1. The van der Waals surface area contributed by atoms with Crippen LogP contribution in [0.25, 0.3) is 10.4 Å². The smallest absolute Gasteiger partial charge is 0.407 e. The Morgan fingerprint density at radius 1 is 1.27 bits per heavy atom. The van der Waals surface area contributed by atoms with Crippen molar-refractivity contribution in [2.45, 2.75) is 57.7 Å². The lowest BCUT2D eigenvalue weighted by Crippen LogP contribution is -2.57. The third kappa shape index (κ3) is 4.04. The first kappa shape index (κ1) is 18.1. The van der Waals surface area contributed by atoms with Crippen molar-refractivity contribution in [3.05, 3.63) is 10.4 Å². The third-order valence-corrected chi connectivity index (χ3v) is 4.03. The molecule has 8 heteroatoms. The van der Waals surface area contributed by atoms with Gasteiger partial charge in [-0.15, -0.1) is 0 Å². The zero-order chi connectivity index (χ0) is 17.1. The van der Waals surface area contributed by atoms with Crippen molar-refractivity contribution >= 4 is 12.0 Å². The number of azide groups is 1.